The second kappa shape index (κ2) is 10.6. The fourth-order valence-corrected chi connectivity index (χ4v) is 5.16. The Kier molecular flexibility index (Phi) is 7.51. The van der Waals surface area contributed by atoms with E-state index in [9.17, 15) is 18.0 Å². The lowest BCUT2D eigenvalue weighted by molar-refractivity contribution is 0.102. The van der Waals surface area contributed by atoms with E-state index >= 15 is 0 Å². The average molecular weight is 527 g/mol. The van der Waals surface area contributed by atoms with E-state index in [2.05, 4.69) is 30.8 Å². The van der Waals surface area contributed by atoms with Crippen LogP contribution in [-0.4, -0.2) is 20.1 Å². The molecule has 4 aromatic carbocycles. The van der Waals surface area contributed by atoms with Crippen LogP contribution in [0.25, 0.3) is 0 Å². The molecule has 0 aromatic heterocycles. The molecule has 0 heterocycles. The van der Waals surface area contributed by atoms with Crippen molar-refractivity contribution in [3.05, 3.63) is 125 Å². The maximum Gasteiger partial charge on any atom is 0.261 e. The van der Waals surface area contributed by atoms with Crippen LogP contribution in [0.2, 0.25) is 0 Å². The fourth-order valence-electron chi connectivity index (χ4n) is 4.02. The number of hydrogen-bond acceptors (Lipinski definition) is 4. The summed E-state index contributed by atoms with van der Waals surface area (Å²) >= 11 is 0. The molecular weight excluding hydrogens is 496 g/mol. The minimum Gasteiger partial charge on any atom is -0.322 e. The van der Waals surface area contributed by atoms with Gasteiger partial charge in [-0.25, -0.2) is 8.42 Å². The summed E-state index contributed by atoms with van der Waals surface area (Å²) in [6.45, 7) is 8.03. The first-order valence-electron chi connectivity index (χ1n) is 12.2. The fraction of sp³-hybridized carbons (Fsp3) is 0.161. The highest BCUT2D eigenvalue weighted by Gasteiger charge is 2.19. The van der Waals surface area contributed by atoms with Crippen LogP contribution in [0, 0.1) is 6.92 Å². The van der Waals surface area contributed by atoms with Gasteiger partial charge in [0.05, 0.1) is 10.6 Å². The summed E-state index contributed by atoms with van der Waals surface area (Å²) in [6.07, 6.45) is 0. The molecule has 0 aliphatic rings. The molecule has 0 spiro atoms. The van der Waals surface area contributed by atoms with Crippen molar-refractivity contribution in [2.45, 2.75) is 38.0 Å². The Labute approximate surface area is 223 Å². The molecule has 4 aromatic rings. The molecule has 6 nitrogen and oxygen atoms in total. The van der Waals surface area contributed by atoms with Gasteiger partial charge in [-0.15, -0.1) is 0 Å². The van der Waals surface area contributed by atoms with Gasteiger partial charge in [-0.2, -0.15) is 0 Å². The van der Waals surface area contributed by atoms with E-state index in [1.165, 1.54) is 12.1 Å². The Morgan fingerprint density at radius 2 is 1.39 bits per heavy atom. The van der Waals surface area contributed by atoms with Crippen LogP contribution in [0.4, 0.5) is 11.4 Å². The van der Waals surface area contributed by atoms with Crippen molar-refractivity contribution in [3.8, 4) is 0 Å². The monoisotopic (exact) mass is 526 g/mol. The normalized spacial score (nSPS) is 11.6. The maximum atomic E-state index is 13.1. The van der Waals surface area contributed by atoms with Gasteiger partial charge in [-0.1, -0.05) is 81.4 Å². The van der Waals surface area contributed by atoms with Gasteiger partial charge >= 0.3 is 0 Å². The summed E-state index contributed by atoms with van der Waals surface area (Å²) in [5.74, 6) is -0.558. The number of carbonyl (C=O) groups excluding carboxylic acids is 2. The topological polar surface area (TPSA) is 92.3 Å². The van der Waals surface area contributed by atoms with Gasteiger partial charge in [0.25, 0.3) is 15.9 Å². The van der Waals surface area contributed by atoms with Gasteiger partial charge in [-0.3, -0.25) is 14.3 Å². The van der Waals surface area contributed by atoms with Crippen molar-refractivity contribution < 1.29 is 18.0 Å². The standard InChI is InChI=1S/C31H30N2O4S/c1-21-27(14-9-15-28(21)33-38(36,37)26-12-6-5-7-13-26)30(35)32-25-11-8-10-23(20-25)29(34)22-16-18-24(19-17-22)31(2,3)4/h5-20,33H,1-4H3,(H,32,35). The highest BCUT2D eigenvalue weighted by Crippen LogP contribution is 2.25. The SMILES string of the molecule is Cc1c(NS(=O)(=O)c2ccccc2)cccc1C(=O)Nc1cccc(C(=O)c2ccc(C(C)(C)C)cc2)c1. The number of hydrogen-bond donors (Lipinski definition) is 2. The number of benzene rings is 4. The molecule has 0 radical (unpaired) electrons. The van der Waals surface area contributed by atoms with Gasteiger partial charge in [0, 0.05) is 22.4 Å². The summed E-state index contributed by atoms with van der Waals surface area (Å²) in [5.41, 5.74) is 3.71. The summed E-state index contributed by atoms with van der Waals surface area (Å²) in [7, 11) is -3.81. The molecular formula is C31H30N2O4S. The van der Waals surface area contributed by atoms with Crippen molar-refractivity contribution in [1.82, 2.24) is 0 Å². The van der Waals surface area contributed by atoms with Crippen molar-refractivity contribution in [3.63, 3.8) is 0 Å². The van der Waals surface area contributed by atoms with E-state index in [-0.39, 0.29) is 16.1 Å². The molecule has 0 aliphatic carbocycles. The number of anilines is 2. The Morgan fingerprint density at radius 1 is 0.737 bits per heavy atom. The summed E-state index contributed by atoms with van der Waals surface area (Å²) < 4.78 is 28.1. The van der Waals surface area contributed by atoms with Crippen LogP contribution in [0.5, 0.6) is 0 Å². The van der Waals surface area contributed by atoms with E-state index in [4.69, 9.17) is 0 Å². The summed E-state index contributed by atoms with van der Waals surface area (Å²) in [6, 6.07) is 27.2. The Hall–Kier alpha value is -4.23. The maximum absolute atomic E-state index is 13.1. The van der Waals surface area contributed by atoms with E-state index < -0.39 is 15.9 Å². The molecule has 0 bridgehead atoms. The van der Waals surface area contributed by atoms with E-state index in [0.717, 1.165) is 5.56 Å². The number of ketones is 1. The first-order valence-corrected chi connectivity index (χ1v) is 13.7. The molecule has 194 valence electrons. The number of amides is 1. The molecule has 38 heavy (non-hydrogen) atoms. The van der Waals surface area contributed by atoms with Crippen molar-refractivity contribution in [1.29, 1.82) is 0 Å². The molecule has 0 fully saturated rings. The average Bonchev–Trinajstić information content (AvgIpc) is 2.89. The van der Waals surface area contributed by atoms with Crippen molar-refractivity contribution >= 4 is 33.1 Å². The predicted octanol–water partition coefficient (Wildman–Crippen LogP) is 6.58. The smallest absolute Gasteiger partial charge is 0.261 e. The lowest BCUT2D eigenvalue weighted by atomic mass is 9.86. The molecule has 2 N–H and O–H groups in total. The molecule has 0 unspecified atom stereocenters. The van der Waals surface area contributed by atoms with Gasteiger partial charge in [0.1, 0.15) is 0 Å². The Morgan fingerprint density at radius 3 is 2.05 bits per heavy atom. The number of nitrogens with one attached hydrogen (secondary N) is 2. The third-order valence-electron chi connectivity index (χ3n) is 6.27. The minimum atomic E-state index is -3.81. The summed E-state index contributed by atoms with van der Waals surface area (Å²) in [4.78, 5) is 26.3. The largest absolute Gasteiger partial charge is 0.322 e. The van der Waals surface area contributed by atoms with Gasteiger partial charge in [-0.05, 0) is 59.9 Å². The van der Waals surface area contributed by atoms with Crippen LogP contribution in [0.1, 0.15) is 58.2 Å². The lowest BCUT2D eigenvalue weighted by Gasteiger charge is -2.19. The Bertz CT molecular complexity index is 1590. The highest BCUT2D eigenvalue weighted by atomic mass is 32.2. The van der Waals surface area contributed by atoms with E-state index in [0.29, 0.717) is 33.6 Å². The van der Waals surface area contributed by atoms with Crippen molar-refractivity contribution in [2.24, 2.45) is 0 Å². The second-order valence-corrected chi connectivity index (χ2v) is 11.8. The molecule has 0 saturated carbocycles. The molecule has 4 rings (SSSR count). The quantitative estimate of drug-likeness (QED) is 0.266. The van der Waals surface area contributed by atoms with E-state index in [1.54, 1.807) is 67.6 Å². The third-order valence-corrected chi connectivity index (χ3v) is 7.65. The molecule has 0 saturated heterocycles. The van der Waals surface area contributed by atoms with Gasteiger partial charge < -0.3 is 5.32 Å². The van der Waals surface area contributed by atoms with Crippen LogP contribution < -0.4 is 10.0 Å². The minimum absolute atomic E-state index is 0.0114. The zero-order valence-electron chi connectivity index (χ0n) is 21.8. The van der Waals surface area contributed by atoms with Crippen molar-refractivity contribution in [2.75, 3.05) is 10.0 Å². The van der Waals surface area contributed by atoms with Crippen LogP contribution in [-0.2, 0) is 15.4 Å². The predicted molar refractivity (Wildman–Crippen MR) is 151 cm³/mol. The molecule has 7 heteroatoms. The highest BCUT2D eigenvalue weighted by molar-refractivity contribution is 7.92. The zero-order chi connectivity index (χ0) is 27.5. The number of sulfonamides is 1. The number of rotatable bonds is 7. The second-order valence-electron chi connectivity index (χ2n) is 10.1. The molecule has 0 aliphatic heterocycles. The summed E-state index contributed by atoms with van der Waals surface area (Å²) in [5, 5.41) is 2.83. The Balaban J connectivity index is 1.52. The molecule has 0 atom stereocenters. The molecule has 1 amide bonds. The first-order chi connectivity index (χ1) is 18.0. The van der Waals surface area contributed by atoms with Gasteiger partial charge in [0.15, 0.2) is 5.78 Å². The first kappa shape index (κ1) is 26.8. The van der Waals surface area contributed by atoms with E-state index in [1.807, 2.05) is 24.3 Å². The lowest BCUT2D eigenvalue weighted by Crippen LogP contribution is -2.17. The zero-order valence-corrected chi connectivity index (χ0v) is 22.6. The number of carbonyl (C=O) groups is 2. The van der Waals surface area contributed by atoms with Crippen LogP contribution in [0.3, 0.4) is 0 Å². The van der Waals surface area contributed by atoms with Crippen LogP contribution >= 0.6 is 0 Å². The van der Waals surface area contributed by atoms with Crippen LogP contribution in [0.15, 0.2) is 102 Å². The third kappa shape index (κ3) is 6.01. The van der Waals surface area contributed by atoms with Gasteiger partial charge in [0.2, 0.25) is 0 Å².